The van der Waals surface area contributed by atoms with Crippen molar-refractivity contribution in [2.75, 3.05) is 0 Å². The SMILES string of the molecule is c1ccc2c(-n3c4ccc5cccc6c5c4-c4c5c(cccc53)ccc4n6-c3cccc4ccccc34)cccc2c1. The van der Waals surface area contributed by atoms with Crippen LogP contribution in [0.5, 0.6) is 0 Å². The lowest BCUT2D eigenvalue weighted by atomic mass is 9.87. The Kier molecular flexibility index (Phi) is 4.21. The molecule has 0 saturated carbocycles. The van der Waals surface area contributed by atoms with Crippen molar-refractivity contribution in [3.8, 4) is 22.5 Å². The second-order valence-corrected chi connectivity index (χ2v) is 11.3. The highest BCUT2D eigenvalue weighted by Gasteiger charge is 2.27. The highest BCUT2D eigenvalue weighted by atomic mass is 15.0. The van der Waals surface area contributed by atoms with Gasteiger partial charge in [-0.05, 0) is 57.9 Å². The van der Waals surface area contributed by atoms with Crippen LogP contribution in [0.4, 0.5) is 0 Å². The van der Waals surface area contributed by atoms with Crippen LogP contribution in [0, 0.1) is 0 Å². The fourth-order valence-corrected chi connectivity index (χ4v) is 7.53. The van der Waals surface area contributed by atoms with Crippen molar-refractivity contribution in [3.05, 3.63) is 146 Å². The molecule has 2 heteroatoms. The molecule has 0 amide bonds. The van der Waals surface area contributed by atoms with Crippen molar-refractivity contribution < 1.29 is 0 Å². The van der Waals surface area contributed by atoms with Crippen LogP contribution in [0.3, 0.4) is 0 Å². The minimum Gasteiger partial charge on any atom is -0.309 e. The van der Waals surface area contributed by atoms with Crippen LogP contribution >= 0.6 is 0 Å². The number of fused-ring (bicyclic) bond motifs is 2. The first-order valence-electron chi connectivity index (χ1n) is 14.5. The highest BCUT2D eigenvalue weighted by Crippen LogP contribution is 2.50. The number of rotatable bonds is 2. The fourth-order valence-electron chi connectivity index (χ4n) is 7.53. The zero-order chi connectivity index (χ0) is 27.4. The summed E-state index contributed by atoms with van der Waals surface area (Å²) in [4.78, 5) is 0. The van der Waals surface area contributed by atoms with Crippen molar-refractivity contribution in [3.63, 3.8) is 0 Å². The first-order valence-corrected chi connectivity index (χ1v) is 14.5. The molecule has 0 unspecified atom stereocenters. The lowest BCUT2D eigenvalue weighted by molar-refractivity contribution is 1.16. The van der Waals surface area contributed by atoms with E-state index >= 15 is 0 Å². The summed E-state index contributed by atoms with van der Waals surface area (Å²) in [6, 6.07) is 53.5. The maximum atomic E-state index is 2.50. The van der Waals surface area contributed by atoms with Gasteiger partial charge in [0.25, 0.3) is 0 Å². The molecular weight excluding hydrogens is 508 g/mol. The summed E-state index contributed by atoms with van der Waals surface area (Å²) in [5.41, 5.74) is 9.99. The summed E-state index contributed by atoms with van der Waals surface area (Å²) < 4.78 is 5.00. The number of hydrogen-bond acceptors (Lipinski definition) is 0. The van der Waals surface area contributed by atoms with Crippen molar-refractivity contribution in [1.29, 1.82) is 0 Å². The van der Waals surface area contributed by atoms with Crippen LogP contribution < -0.4 is 0 Å². The molecule has 8 aromatic rings. The van der Waals surface area contributed by atoms with E-state index in [4.69, 9.17) is 0 Å². The van der Waals surface area contributed by atoms with Crippen LogP contribution in [0.2, 0.25) is 0 Å². The van der Waals surface area contributed by atoms with Crippen LogP contribution in [-0.4, -0.2) is 9.13 Å². The van der Waals surface area contributed by atoms with Crippen molar-refractivity contribution in [2.45, 2.75) is 0 Å². The van der Waals surface area contributed by atoms with E-state index in [1.165, 1.54) is 87.7 Å². The highest BCUT2D eigenvalue weighted by molar-refractivity contribution is 6.26. The van der Waals surface area contributed by atoms with Crippen LogP contribution in [0.1, 0.15) is 0 Å². The Bertz CT molecular complexity index is 2440. The second-order valence-electron chi connectivity index (χ2n) is 11.3. The van der Waals surface area contributed by atoms with Gasteiger partial charge in [-0.1, -0.05) is 109 Å². The number of pyridine rings is 2. The Morgan fingerprint density at radius 3 is 1.19 bits per heavy atom. The van der Waals surface area contributed by atoms with E-state index in [0.717, 1.165) is 0 Å². The molecule has 0 bridgehead atoms. The van der Waals surface area contributed by atoms with Gasteiger partial charge in [0.15, 0.2) is 0 Å². The summed E-state index contributed by atoms with van der Waals surface area (Å²) in [5.74, 6) is 0. The number of benzene rings is 8. The normalized spacial score (nSPS) is 12.3. The monoisotopic (exact) mass is 532 g/mol. The van der Waals surface area contributed by atoms with Crippen LogP contribution in [0.25, 0.3) is 87.7 Å². The zero-order valence-corrected chi connectivity index (χ0v) is 22.8. The Hall–Kier alpha value is -5.60. The summed E-state index contributed by atoms with van der Waals surface area (Å²) >= 11 is 0. The predicted molar refractivity (Wildman–Crippen MR) is 178 cm³/mol. The zero-order valence-electron chi connectivity index (χ0n) is 22.8. The quantitative estimate of drug-likeness (QED) is 0.155. The number of hydrogen-bond donors (Lipinski definition) is 0. The molecule has 10 rings (SSSR count). The molecule has 194 valence electrons. The van der Waals surface area contributed by atoms with E-state index in [9.17, 15) is 0 Å². The molecule has 0 aromatic heterocycles. The first-order chi connectivity index (χ1) is 20.9. The average Bonchev–Trinajstić information content (AvgIpc) is 3.05. The van der Waals surface area contributed by atoms with Gasteiger partial charge in [-0.25, -0.2) is 0 Å². The number of nitrogens with zero attached hydrogens (tertiary/aromatic N) is 2. The number of aromatic nitrogens is 2. The molecule has 0 radical (unpaired) electrons. The van der Waals surface area contributed by atoms with Gasteiger partial charge in [0.05, 0.1) is 33.4 Å². The molecular formula is C40H24N2. The van der Waals surface area contributed by atoms with Gasteiger partial charge in [0.1, 0.15) is 0 Å². The summed E-state index contributed by atoms with van der Waals surface area (Å²) in [6.07, 6.45) is 0. The molecule has 2 heterocycles. The maximum Gasteiger partial charge on any atom is 0.0548 e. The molecule has 42 heavy (non-hydrogen) atoms. The lowest BCUT2D eigenvalue weighted by Gasteiger charge is -2.29. The van der Waals surface area contributed by atoms with Gasteiger partial charge in [0, 0.05) is 32.7 Å². The van der Waals surface area contributed by atoms with Gasteiger partial charge < -0.3 is 9.13 Å². The molecule has 8 aromatic carbocycles. The van der Waals surface area contributed by atoms with Crippen LogP contribution in [0.15, 0.2) is 146 Å². The van der Waals surface area contributed by atoms with E-state index in [-0.39, 0.29) is 0 Å². The van der Waals surface area contributed by atoms with Crippen LogP contribution in [-0.2, 0) is 0 Å². The van der Waals surface area contributed by atoms with Crippen molar-refractivity contribution in [2.24, 2.45) is 0 Å². The minimum absolute atomic E-state index is 1.21. The fraction of sp³-hybridized carbons (Fsp3) is 0. The van der Waals surface area contributed by atoms with Gasteiger partial charge in [0.2, 0.25) is 0 Å². The summed E-state index contributed by atoms with van der Waals surface area (Å²) in [6.45, 7) is 0. The van der Waals surface area contributed by atoms with Crippen molar-refractivity contribution in [1.82, 2.24) is 9.13 Å². The van der Waals surface area contributed by atoms with Crippen molar-refractivity contribution >= 4 is 65.2 Å². The standard InChI is InChI=1S/C40H24N2/c1-3-15-29-25(9-1)11-5-17-31(29)41-33-19-7-13-27-22-24-36-40(37(27)33)39-35(41)23-21-28-14-8-20-34(38(28)39)42(36)32-18-6-12-26-10-2-4-16-30(26)32/h1-24H. The average molecular weight is 533 g/mol. The summed E-state index contributed by atoms with van der Waals surface area (Å²) in [7, 11) is 0. The molecule has 0 aliphatic carbocycles. The lowest BCUT2D eigenvalue weighted by Crippen LogP contribution is -2.10. The van der Waals surface area contributed by atoms with Gasteiger partial charge in [-0.2, -0.15) is 0 Å². The Morgan fingerprint density at radius 2 is 0.690 bits per heavy atom. The van der Waals surface area contributed by atoms with E-state index < -0.39 is 0 Å². The molecule has 0 spiro atoms. The largest absolute Gasteiger partial charge is 0.309 e. The Balaban J connectivity index is 1.50. The molecule has 2 aliphatic rings. The first kappa shape index (κ1) is 22.1. The third-order valence-corrected chi connectivity index (χ3v) is 9.23. The summed E-state index contributed by atoms with van der Waals surface area (Å²) in [5, 5.41) is 10.1. The third-order valence-electron chi connectivity index (χ3n) is 9.23. The molecule has 0 N–H and O–H groups in total. The molecule has 2 nitrogen and oxygen atoms in total. The van der Waals surface area contributed by atoms with E-state index in [2.05, 4.69) is 155 Å². The maximum absolute atomic E-state index is 2.50. The van der Waals surface area contributed by atoms with E-state index in [1.54, 1.807) is 0 Å². The van der Waals surface area contributed by atoms with Gasteiger partial charge in [-0.3, -0.25) is 0 Å². The molecule has 2 aliphatic heterocycles. The molecule has 0 saturated heterocycles. The predicted octanol–water partition coefficient (Wildman–Crippen LogP) is 10.7. The van der Waals surface area contributed by atoms with E-state index in [0.29, 0.717) is 0 Å². The Labute approximate surface area is 241 Å². The van der Waals surface area contributed by atoms with Gasteiger partial charge in [-0.15, -0.1) is 0 Å². The minimum atomic E-state index is 1.21. The third kappa shape index (κ3) is 2.74. The van der Waals surface area contributed by atoms with Gasteiger partial charge >= 0.3 is 0 Å². The molecule has 0 fully saturated rings. The Morgan fingerprint density at radius 1 is 0.286 bits per heavy atom. The topological polar surface area (TPSA) is 9.86 Å². The smallest absolute Gasteiger partial charge is 0.0548 e. The van der Waals surface area contributed by atoms with E-state index in [1.807, 2.05) is 0 Å². The second kappa shape index (κ2) is 7.99. The molecule has 0 atom stereocenters.